The highest BCUT2D eigenvalue weighted by atomic mass is 16.5. The zero-order valence-electron chi connectivity index (χ0n) is 11.2. The Labute approximate surface area is 108 Å². The van der Waals surface area contributed by atoms with Crippen molar-refractivity contribution in [1.29, 1.82) is 0 Å². The van der Waals surface area contributed by atoms with Crippen molar-refractivity contribution in [3.8, 4) is 5.75 Å². The second-order valence-corrected chi connectivity index (χ2v) is 4.24. The molecule has 0 aliphatic carbocycles. The van der Waals surface area contributed by atoms with Crippen molar-refractivity contribution >= 4 is 11.7 Å². The molecule has 18 heavy (non-hydrogen) atoms. The van der Waals surface area contributed by atoms with E-state index in [1.807, 2.05) is 0 Å². The Morgan fingerprint density at radius 3 is 2.56 bits per heavy atom. The fraction of sp³-hybridized carbons (Fsp3) is 0.500. The zero-order valence-corrected chi connectivity index (χ0v) is 11.2. The van der Waals surface area contributed by atoms with E-state index in [2.05, 4.69) is 18.6 Å². The Bertz CT molecular complexity index is 400. The van der Waals surface area contributed by atoms with E-state index in [0.29, 0.717) is 29.5 Å². The Kier molecular flexibility index (Phi) is 5.49. The minimum absolute atomic E-state index is 0.387. The fourth-order valence-electron chi connectivity index (χ4n) is 1.64. The van der Waals surface area contributed by atoms with E-state index < -0.39 is 0 Å². The fourth-order valence-corrected chi connectivity index (χ4v) is 1.64. The van der Waals surface area contributed by atoms with Crippen molar-refractivity contribution in [2.24, 2.45) is 5.92 Å². The average Bonchev–Trinajstić information content (AvgIpc) is 2.40. The van der Waals surface area contributed by atoms with Crippen LogP contribution in [-0.4, -0.2) is 19.7 Å². The monoisotopic (exact) mass is 251 g/mol. The van der Waals surface area contributed by atoms with E-state index in [1.165, 1.54) is 7.11 Å². The molecule has 0 aliphatic heterocycles. The number of carbonyl (C=O) groups is 1. The second kappa shape index (κ2) is 6.89. The summed E-state index contributed by atoms with van der Waals surface area (Å²) >= 11 is 0. The van der Waals surface area contributed by atoms with Crippen LogP contribution >= 0.6 is 0 Å². The van der Waals surface area contributed by atoms with Gasteiger partial charge in [-0.25, -0.2) is 4.79 Å². The van der Waals surface area contributed by atoms with Crippen LogP contribution in [0.5, 0.6) is 5.75 Å². The Balaban J connectivity index is 2.78. The van der Waals surface area contributed by atoms with Gasteiger partial charge < -0.3 is 15.2 Å². The number of hydrogen-bond donors (Lipinski definition) is 1. The molecule has 0 heterocycles. The first-order valence-electron chi connectivity index (χ1n) is 6.22. The number of ether oxygens (including phenoxy) is 2. The summed E-state index contributed by atoms with van der Waals surface area (Å²) in [6.07, 6.45) is 2.13. The largest absolute Gasteiger partial charge is 0.491 e. The minimum atomic E-state index is -0.387. The van der Waals surface area contributed by atoms with Crippen LogP contribution in [0.1, 0.15) is 37.0 Å². The van der Waals surface area contributed by atoms with E-state index in [4.69, 9.17) is 10.5 Å². The standard InChI is InChI=1S/C14H21NO3/c1-4-10(5-2)9-18-13-8-11(14(16)17-3)6-7-12(13)15/h6-8,10H,4-5,9,15H2,1-3H3. The van der Waals surface area contributed by atoms with Crippen molar-refractivity contribution < 1.29 is 14.3 Å². The first-order chi connectivity index (χ1) is 8.62. The SMILES string of the molecule is CCC(CC)COc1cc(C(=O)OC)ccc1N. The van der Waals surface area contributed by atoms with Crippen molar-refractivity contribution in [2.75, 3.05) is 19.5 Å². The number of rotatable bonds is 6. The third kappa shape index (κ3) is 3.65. The van der Waals surface area contributed by atoms with Gasteiger partial charge in [-0.1, -0.05) is 26.7 Å². The highest BCUT2D eigenvalue weighted by molar-refractivity contribution is 5.90. The maximum Gasteiger partial charge on any atom is 0.337 e. The molecule has 0 atom stereocenters. The van der Waals surface area contributed by atoms with Gasteiger partial charge in [-0.3, -0.25) is 0 Å². The van der Waals surface area contributed by atoms with Crippen LogP contribution in [0.15, 0.2) is 18.2 Å². The molecule has 1 aromatic rings. The molecule has 2 N–H and O–H groups in total. The molecule has 0 fully saturated rings. The Morgan fingerprint density at radius 2 is 2.00 bits per heavy atom. The topological polar surface area (TPSA) is 61.5 Å². The normalized spacial score (nSPS) is 10.4. The highest BCUT2D eigenvalue weighted by Crippen LogP contribution is 2.24. The maximum absolute atomic E-state index is 11.4. The van der Waals surface area contributed by atoms with Gasteiger partial charge in [0.1, 0.15) is 5.75 Å². The van der Waals surface area contributed by atoms with Gasteiger partial charge in [0, 0.05) is 0 Å². The molecule has 4 nitrogen and oxygen atoms in total. The Hall–Kier alpha value is -1.71. The van der Waals surface area contributed by atoms with Gasteiger partial charge in [-0.15, -0.1) is 0 Å². The smallest absolute Gasteiger partial charge is 0.337 e. The first-order valence-corrected chi connectivity index (χ1v) is 6.22. The number of anilines is 1. The molecule has 0 saturated heterocycles. The van der Waals surface area contributed by atoms with Gasteiger partial charge in [0.25, 0.3) is 0 Å². The number of nitrogen functional groups attached to an aromatic ring is 1. The lowest BCUT2D eigenvalue weighted by Crippen LogP contribution is -2.11. The number of nitrogens with two attached hydrogens (primary N) is 1. The van der Waals surface area contributed by atoms with E-state index in [1.54, 1.807) is 18.2 Å². The van der Waals surface area contributed by atoms with Crippen LogP contribution in [0.25, 0.3) is 0 Å². The summed E-state index contributed by atoms with van der Waals surface area (Å²) in [7, 11) is 1.35. The van der Waals surface area contributed by atoms with E-state index >= 15 is 0 Å². The predicted molar refractivity (Wildman–Crippen MR) is 71.8 cm³/mol. The molecule has 0 amide bonds. The summed E-state index contributed by atoms with van der Waals surface area (Å²) in [4.78, 5) is 11.4. The molecular formula is C14H21NO3. The van der Waals surface area contributed by atoms with Crippen LogP contribution in [-0.2, 0) is 4.74 Å². The molecule has 0 unspecified atom stereocenters. The molecule has 1 aromatic carbocycles. The lowest BCUT2D eigenvalue weighted by atomic mass is 10.1. The van der Waals surface area contributed by atoms with Gasteiger partial charge in [0.05, 0.1) is 25.0 Å². The van der Waals surface area contributed by atoms with Crippen LogP contribution < -0.4 is 10.5 Å². The molecule has 1 rings (SSSR count). The zero-order chi connectivity index (χ0) is 13.5. The molecule has 100 valence electrons. The van der Waals surface area contributed by atoms with E-state index in [-0.39, 0.29) is 5.97 Å². The summed E-state index contributed by atoms with van der Waals surface area (Å²) in [5.41, 5.74) is 6.81. The number of methoxy groups -OCH3 is 1. The molecule has 0 saturated carbocycles. The van der Waals surface area contributed by atoms with E-state index in [0.717, 1.165) is 12.8 Å². The number of carbonyl (C=O) groups excluding carboxylic acids is 1. The van der Waals surface area contributed by atoms with Crippen LogP contribution in [0, 0.1) is 5.92 Å². The highest BCUT2D eigenvalue weighted by Gasteiger charge is 2.11. The van der Waals surface area contributed by atoms with Gasteiger partial charge in [-0.05, 0) is 24.1 Å². The van der Waals surface area contributed by atoms with Crippen LogP contribution in [0.2, 0.25) is 0 Å². The predicted octanol–water partition coefficient (Wildman–Crippen LogP) is 2.87. The lowest BCUT2D eigenvalue weighted by Gasteiger charge is -2.15. The van der Waals surface area contributed by atoms with Gasteiger partial charge in [-0.2, -0.15) is 0 Å². The summed E-state index contributed by atoms with van der Waals surface area (Å²) < 4.78 is 10.3. The summed E-state index contributed by atoms with van der Waals surface area (Å²) in [6, 6.07) is 4.92. The third-order valence-corrected chi connectivity index (χ3v) is 3.06. The number of hydrogen-bond acceptors (Lipinski definition) is 4. The summed E-state index contributed by atoms with van der Waals surface area (Å²) in [5, 5.41) is 0. The molecule has 0 radical (unpaired) electrons. The van der Waals surface area contributed by atoms with Crippen LogP contribution in [0.4, 0.5) is 5.69 Å². The van der Waals surface area contributed by atoms with Crippen LogP contribution in [0.3, 0.4) is 0 Å². The van der Waals surface area contributed by atoms with Gasteiger partial charge in [0.2, 0.25) is 0 Å². The molecule has 0 aliphatic rings. The molecule has 4 heteroatoms. The summed E-state index contributed by atoms with van der Waals surface area (Å²) in [6.45, 7) is 4.87. The number of benzene rings is 1. The molecule has 0 bridgehead atoms. The van der Waals surface area contributed by atoms with Crippen molar-refractivity contribution in [3.05, 3.63) is 23.8 Å². The summed E-state index contributed by atoms with van der Waals surface area (Å²) in [5.74, 6) is 0.665. The number of esters is 1. The van der Waals surface area contributed by atoms with Crippen molar-refractivity contribution in [3.63, 3.8) is 0 Å². The molecule has 0 aromatic heterocycles. The van der Waals surface area contributed by atoms with Gasteiger partial charge >= 0.3 is 5.97 Å². The second-order valence-electron chi connectivity index (χ2n) is 4.24. The molecule has 0 spiro atoms. The van der Waals surface area contributed by atoms with Crippen molar-refractivity contribution in [1.82, 2.24) is 0 Å². The average molecular weight is 251 g/mol. The first kappa shape index (κ1) is 14.4. The van der Waals surface area contributed by atoms with Crippen molar-refractivity contribution in [2.45, 2.75) is 26.7 Å². The quantitative estimate of drug-likeness (QED) is 0.623. The lowest BCUT2D eigenvalue weighted by molar-refractivity contribution is 0.0600. The van der Waals surface area contributed by atoms with E-state index in [9.17, 15) is 4.79 Å². The maximum atomic E-state index is 11.4. The molecular weight excluding hydrogens is 230 g/mol. The third-order valence-electron chi connectivity index (χ3n) is 3.06. The Morgan fingerprint density at radius 1 is 1.33 bits per heavy atom. The minimum Gasteiger partial charge on any atom is -0.491 e. The van der Waals surface area contributed by atoms with Gasteiger partial charge in [0.15, 0.2) is 0 Å².